The highest BCUT2D eigenvalue weighted by atomic mass is 32.2. The van der Waals surface area contributed by atoms with Crippen molar-refractivity contribution in [2.75, 3.05) is 24.0 Å². The molecule has 0 spiro atoms. The number of aromatic hydroxyl groups is 1. The Kier molecular flexibility index (Phi) is 8.95. The van der Waals surface area contributed by atoms with Crippen LogP contribution in [-0.4, -0.2) is 49.9 Å². The zero-order valence-electron chi connectivity index (χ0n) is 20.3. The van der Waals surface area contributed by atoms with Crippen molar-refractivity contribution in [3.63, 3.8) is 0 Å². The van der Waals surface area contributed by atoms with Crippen LogP contribution < -0.4 is 10.6 Å². The van der Waals surface area contributed by atoms with E-state index in [0.29, 0.717) is 0 Å². The Labute approximate surface area is 219 Å². The average Bonchev–Trinajstić information content (AvgIpc) is 2.90. The molecule has 3 N–H and O–H groups in total. The van der Waals surface area contributed by atoms with Gasteiger partial charge in [-0.05, 0) is 73.3 Å². The van der Waals surface area contributed by atoms with Crippen LogP contribution in [0.5, 0.6) is 5.75 Å². The van der Waals surface area contributed by atoms with Gasteiger partial charge in [-0.1, -0.05) is 6.92 Å². The summed E-state index contributed by atoms with van der Waals surface area (Å²) in [6, 6.07) is 16.1. The largest absolute Gasteiger partial charge is 0.506 e. The van der Waals surface area contributed by atoms with E-state index in [2.05, 4.69) is 15.4 Å². The van der Waals surface area contributed by atoms with Crippen molar-refractivity contribution < 1.29 is 32.6 Å². The standard InChI is InChI=1S/C26H26N2O7S2/c1-4-23(37(33,34)20-12-10-19(36-3)11-13-20)25(31)27-18-9-14-21(22(29)15-18)28-24(30)16-5-7-17(8-6-16)26(32)35-2/h5-15,23,29H,4H2,1-3H3,(H,27,31)(H,28,30). The lowest BCUT2D eigenvalue weighted by Crippen LogP contribution is -2.34. The molecule has 0 radical (unpaired) electrons. The summed E-state index contributed by atoms with van der Waals surface area (Å²) in [5.41, 5.74) is 0.764. The molecule has 0 aromatic heterocycles. The van der Waals surface area contributed by atoms with Crippen LogP contribution in [0.15, 0.2) is 76.5 Å². The van der Waals surface area contributed by atoms with E-state index in [1.165, 1.54) is 73.5 Å². The Hall–Kier alpha value is -3.83. The molecule has 0 heterocycles. The van der Waals surface area contributed by atoms with Gasteiger partial charge in [0.25, 0.3) is 5.91 Å². The van der Waals surface area contributed by atoms with Crippen molar-refractivity contribution in [1.82, 2.24) is 0 Å². The first-order valence-electron chi connectivity index (χ1n) is 11.1. The number of carbonyl (C=O) groups is 3. The molecule has 0 aliphatic carbocycles. The number of phenols is 1. The van der Waals surface area contributed by atoms with Crippen LogP contribution >= 0.6 is 11.8 Å². The van der Waals surface area contributed by atoms with Crippen molar-refractivity contribution in [3.05, 3.63) is 77.9 Å². The number of hydrogen-bond acceptors (Lipinski definition) is 8. The third-order valence-electron chi connectivity index (χ3n) is 5.51. The third kappa shape index (κ3) is 6.49. The summed E-state index contributed by atoms with van der Waals surface area (Å²) in [6.45, 7) is 1.60. The van der Waals surface area contributed by atoms with Crippen LogP contribution in [0.4, 0.5) is 11.4 Å². The van der Waals surface area contributed by atoms with Gasteiger partial charge in [-0.2, -0.15) is 0 Å². The summed E-state index contributed by atoms with van der Waals surface area (Å²) in [7, 11) is -2.69. The molecule has 3 aromatic carbocycles. The van der Waals surface area contributed by atoms with E-state index in [4.69, 9.17) is 0 Å². The second-order valence-corrected chi connectivity index (χ2v) is 10.9. The van der Waals surface area contributed by atoms with E-state index in [1.54, 1.807) is 19.1 Å². The van der Waals surface area contributed by atoms with Crippen molar-refractivity contribution in [2.24, 2.45) is 0 Å². The lowest BCUT2D eigenvalue weighted by Gasteiger charge is -2.17. The minimum absolute atomic E-state index is 0.0489. The molecule has 3 rings (SSSR count). The molecule has 11 heteroatoms. The van der Waals surface area contributed by atoms with Gasteiger partial charge in [0.1, 0.15) is 11.0 Å². The summed E-state index contributed by atoms with van der Waals surface area (Å²) in [5, 5.41) is 14.1. The van der Waals surface area contributed by atoms with E-state index in [1.807, 2.05) is 6.26 Å². The Morgan fingerprint density at radius 1 is 0.946 bits per heavy atom. The Morgan fingerprint density at radius 2 is 1.57 bits per heavy atom. The monoisotopic (exact) mass is 542 g/mol. The zero-order valence-corrected chi connectivity index (χ0v) is 22.0. The molecule has 0 bridgehead atoms. The SMILES string of the molecule is CCC(C(=O)Nc1ccc(NC(=O)c2ccc(C(=O)OC)cc2)c(O)c1)S(=O)(=O)c1ccc(SC)cc1. The van der Waals surface area contributed by atoms with Gasteiger partial charge in [-0.3, -0.25) is 9.59 Å². The van der Waals surface area contributed by atoms with Gasteiger partial charge in [0.2, 0.25) is 5.91 Å². The number of methoxy groups -OCH3 is 1. The van der Waals surface area contributed by atoms with Gasteiger partial charge in [0, 0.05) is 22.2 Å². The molecule has 0 saturated heterocycles. The lowest BCUT2D eigenvalue weighted by molar-refractivity contribution is -0.115. The van der Waals surface area contributed by atoms with Crippen molar-refractivity contribution >= 4 is 50.8 Å². The number of thioether (sulfide) groups is 1. The van der Waals surface area contributed by atoms with E-state index < -0.39 is 32.9 Å². The van der Waals surface area contributed by atoms with Crippen LogP contribution in [0, 0.1) is 0 Å². The molecule has 0 aliphatic rings. The molecule has 0 aliphatic heterocycles. The van der Waals surface area contributed by atoms with E-state index in [-0.39, 0.29) is 39.6 Å². The highest BCUT2D eigenvalue weighted by Crippen LogP contribution is 2.28. The lowest BCUT2D eigenvalue weighted by atomic mass is 10.1. The first kappa shape index (κ1) is 27.8. The fraction of sp³-hybridized carbons (Fsp3) is 0.192. The minimum atomic E-state index is -3.94. The molecule has 1 atom stereocenters. The number of esters is 1. The summed E-state index contributed by atoms with van der Waals surface area (Å²) >= 11 is 1.48. The quantitative estimate of drug-likeness (QED) is 0.206. The summed E-state index contributed by atoms with van der Waals surface area (Å²) in [5.74, 6) is -2.14. The van der Waals surface area contributed by atoms with Gasteiger partial charge in [-0.25, -0.2) is 13.2 Å². The number of rotatable bonds is 9. The first-order chi connectivity index (χ1) is 17.6. The van der Waals surface area contributed by atoms with Crippen molar-refractivity contribution in [2.45, 2.75) is 28.4 Å². The highest BCUT2D eigenvalue weighted by molar-refractivity contribution is 7.98. The second-order valence-electron chi connectivity index (χ2n) is 7.86. The number of nitrogens with one attached hydrogen (secondary N) is 2. The normalized spacial score (nSPS) is 11.9. The van der Waals surface area contributed by atoms with Gasteiger partial charge >= 0.3 is 5.97 Å². The van der Waals surface area contributed by atoms with Gasteiger partial charge in [-0.15, -0.1) is 11.8 Å². The van der Waals surface area contributed by atoms with Crippen molar-refractivity contribution in [3.8, 4) is 5.75 Å². The number of ether oxygens (including phenoxy) is 1. The average molecular weight is 543 g/mol. The van der Waals surface area contributed by atoms with Gasteiger partial charge in [0.15, 0.2) is 9.84 Å². The molecule has 37 heavy (non-hydrogen) atoms. The number of hydrogen-bond donors (Lipinski definition) is 3. The van der Waals surface area contributed by atoms with E-state index >= 15 is 0 Å². The maximum Gasteiger partial charge on any atom is 0.337 e. The van der Waals surface area contributed by atoms with Crippen molar-refractivity contribution in [1.29, 1.82) is 0 Å². The number of sulfone groups is 1. The maximum absolute atomic E-state index is 13.1. The Bertz CT molecular complexity index is 1400. The van der Waals surface area contributed by atoms with Crippen LogP contribution in [-0.2, 0) is 19.4 Å². The molecule has 194 valence electrons. The fourth-order valence-corrected chi connectivity index (χ4v) is 5.52. The van der Waals surface area contributed by atoms with Crippen LogP contribution in [0.2, 0.25) is 0 Å². The molecule has 0 saturated carbocycles. The number of amides is 2. The molecule has 2 amide bonds. The van der Waals surface area contributed by atoms with Crippen LogP contribution in [0.3, 0.4) is 0 Å². The molecular weight excluding hydrogens is 516 g/mol. The zero-order chi connectivity index (χ0) is 27.2. The predicted octanol–water partition coefficient (Wildman–Crippen LogP) is 4.34. The fourth-order valence-electron chi connectivity index (χ4n) is 3.48. The molecule has 9 nitrogen and oxygen atoms in total. The van der Waals surface area contributed by atoms with Crippen LogP contribution in [0.25, 0.3) is 0 Å². The van der Waals surface area contributed by atoms with Crippen LogP contribution in [0.1, 0.15) is 34.1 Å². The summed E-state index contributed by atoms with van der Waals surface area (Å²) in [4.78, 5) is 37.9. The number of carbonyl (C=O) groups excluding carboxylic acids is 3. The molecule has 1 unspecified atom stereocenters. The van der Waals surface area contributed by atoms with E-state index in [9.17, 15) is 27.9 Å². The number of anilines is 2. The molecular formula is C26H26N2O7S2. The smallest absolute Gasteiger partial charge is 0.337 e. The predicted molar refractivity (Wildman–Crippen MR) is 142 cm³/mol. The highest BCUT2D eigenvalue weighted by Gasteiger charge is 2.32. The van der Waals surface area contributed by atoms with Gasteiger partial charge < -0.3 is 20.5 Å². The molecule has 0 fully saturated rings. The first-order valence-corrected chi connectivity index (χ1v) is 13.9. The second kappa shape index (κ2) is 11.9. The maximum atomic E-state index is 13.1. The summed E-state index contributed by atoms with van der Waals surface area (Å²) < 4.78 is 30.7. The third-order valence-corrected chi connectivity index (χ3v) is 8.48. The molecule has 3 aromatic rings. The Morgan fingerprint density at radius 3 is 2.11 bits per heavy atom. The Balaban J connectivity index is 1.71. The van der Waals surface area contributed by atoms with Gasteiger partial charge in [0.05, 0.1) is 23.3 Å². The summed E-state index contributed by atoms with van der Waals surface area (Å²) in [6.07, 6.45) is 1.93. The topological polar surface area (TPSA) is 139 Å². The minimum Gasteiger partial charge on any atom is -0.506 e. The number of benzene rings is 3. The van der Waals surface area contributed by atoms with E-state index in [0.717, 1.165) is 4.90 Å². The number of phenolic OH excluding ortho intramolecular Hbond substituents is 1.